The molecule has 2 aliphatic carbocycles. The summed E-state index contributed by atoms with van der Waals surface area (Å²) in [7, 11) is 0. The molecule has 0 atom stereocenters. The van der Waals surface area contributed by atoms with Crippen LogP contribution in [-0.4, -0.2) is 43.4 Å². The Morgan fingerprint density at radius 2 is 1.96 bits per heavy atom. The molecule has 9 nitrogen and oxygen atoms in total. The molecule has 140 valence electrons. The molecule has 2 aromatic heterocycles. The molecule has 1 aliphatic heterocycles. The summed E-state index contributed by atoms with van der Waals surface area (Å²) in [5, 5.41) is 8.57. The highest BCUT2D eigenvalue weighted by Gasteiger charge is 2.55. The van der Waals surface area contributed by atoms with E-state index in [1.54, 1.807) is 6.07 Å². The minimum atomic E-state index is -2.62. The van der Waals surface area contributed by atoms with Gasteiger partial charge in [-0.2, -0.15) is 4.98 Å². The van der Waals surface area contributed by atoms with Crippen molar-refractivity contribution in [3.05, 3.63) is 18.6 Å². The fraction of sp³-hybridized carbons (Fsp3) is 0.438. The van der Waals surface area contributed by atoms with E-state index in [0.717, 1.165) is 0 Å². The van der Waals surface area contributed by atoms with Crippen molar-refractivity contribution < 1.29 is 18.3 Å². The Bertz CT molecular complexity index is 927. The van der Waals surface area contributed by atoms with Crippen molar-refractivity contribution in [3.8, 4) is 5.75 Å². The Hall–Kier alpha value is -3.11. The molecule has 0 saturated heterocycles. The second-order valence-electron chi connectivity index (χ2n) is 6.98. The summed E-state index contributed by atoms with van der Waals surface area (Å²) in [6, 6.07) is 1.26. The molecule has 11 heteroatoms. The number of rotatable bonds is 4. The highest BCUT2D eigenvalue weighted by molar-refractivity contribution is 6.02. The molecule has 0 unspecified atom stereocenters. The SMILES string of the molecule is O=C1Nc2cc(Nc3ncnc(NC4CC(F)(F)C4)n3)ncc2OC12CC2. The van der Waals surface area contributed by atoms with Gasteiger partial charge in [0, 0.05) is 37.8 Å². The number of hydrogen-bond donors (Lipinski definition) is 3. The van der Waals surface area contributed by atoms with E-state index < -0.39 is 11.5 Å². The van der Waals surface area contributed by atoms with Gasteiger partial charge in [-0.05, 0) is 0 Å². The number of pyridine rings is 1. The maximum atomic E-state index is 12.9. The summed E-state index contributed by atoms with van der Waals surface area (Å²) in [5.41, 5.74) is -0.212. The van der Waals surface area contributed by atoms with E-state index in [2.05, 4.69) is 35.9 Å². The first kappa shape index (κ1) is 16.1. The minimum Gasteiger partial charge on any atom is -0.474 e. The van der Waals surface area contributed by atoms with Gasteiger partial charge in [-0.25, -0.2) is 23.7 Å². The molecule has 0 radical (unpaired) electrons. The monoisotopic (exact) mass is 375 g/mol. The van der Waals surface area contributed by atoms with Crippen LogP contribution in [0.4, 0.5) is 32.2 Å². The summed E-state index contributed by atoms with van der Waals surface area (Å²) in [6.07, 6.45) is 3.71. The first-order valence-electron chi connectivity index (χ1n) is 8.52. The molecule has 2 aromatic rings. The van der Waals surface area contributed by atoms with Gasteiger partial charge in [-0.15, -0.1) is 0 Å². The van der Waals surface area contributed by atoms with E-state index >= 15 is 0 Å². The number of carbonyl (C=O) groups excluding carboxylic acids is 1. The van der Waals surface area contributed by atoms with Gasteiger partial charge in [0.25, 0.3) is 11.8 Å². The average Bonchev–Trinajstić information content (AvgIpc) is 3.36. The zero-order chi connectivity index (χ0) is 18.6. The normalized spacial score (nSPS) is 21.5. The summed E-state index contributed by atoms with van der Waals surface area (Å²) < 4.78 is 31.6. The zero-order valence-electron chi connectivity index (χ0n) is 14.0. The molecule has 2 fully saturated rings. The fourth-order valence-electron chi connectivity index (χ4n) is 3.11. The average molecular weight is 375 g/mol. The van der Waals surface area contributed by atoms with Gasteiger partial charge >= 0.3 is 0 Å². The van der Waals surface area contributed by atoms with Crippen LogP contribution in [0.3, 0.4) is 0 Å². The molecule has 2 saturated carbocycles. The van der Waals surface area contributed by atoms with Crippen molar-refractivity contribution in [1.29, 1.82) is 0 Å². The van der Waals surface area contributed by atoms with Gasteiger partial charge in [0.1, 0.15) is 12.1 Å². The lowest BCUT2D eigenvalue weighted by Gasteiger charge is -2.35. The van der Waals surface area contributed by atoms with E-state index in [1.165, 1.54) is 12.5 Å². The van der Waals surface area contributed by atoms with E-state index in [9.17, 15) is 13.6 Å². The van der Waals surface area contributed by atoms with E-state index in [-0.39, 0.29) is 36.7 Å². The number of nitrogens with one attached hydrogen (secondary N) is 3. The number of alkyl halides is 2. The summed E-state index contributed by atoms with van der Waals surface area (Å²) in [6.45, 7) is 0. The van der Waals surface area contributed by atoms with E-state index in [4.69, 9.17) is 4.74 Å². The molecule has 3 N–H and O–H groups in total. The fourth-order valence-corrected chi connectivity index (χ4v) is 3.11. The van der Waals surface area contributed by atoms with Gasteiger partial charge in [-0.1, -0.05) is 0 Å². The van der Waals surface area contributed by atoms with Crippen molar-refractivity contribution in [2.75, 3.05) is 16.0 Å². The van der Waals surface area contributed by atoms with Crippen LogP contribution in [0.5, 0.6) is 5.75 Å². The molecule has 0 bridgehead atoms. The van der Waals surface area contributed by atoms with Crippen LogP contribution in [0.25, 0.3) is 0 Å². The number of aromatic nitrogens is 4. The van der Waals surface area contributed by atoms with Gasteiger partial charge < -0.3 is 20.7 Å². The van der Waals surface area contributed by atoms with Crippen molar-refractivity contribution in [3.63, 3.8) is 0 Å². The summed E-state index contributed by atoms with van der Waals surface area (Å²) >= 11 is 0. The second-order valence-corrected chi connectivity index (χ2v) is 6.98. The van der Waals surface area contributed by atoms with Crippen molar-refractivity contribution in [2.45, 2.75) is 43.2 Å². The van der Waals surface area contributed by atoms with Crippen LogP contribution in [0, 0.1) is 0 Å². The molecule has 5 rings (SSSR count). The van der Waals surface area contributed by atoms with E-state index in [0.29, 0.717) is 30.1 Å². The second kappa shape index (κ2) is 5.44. The first-order chi connectivity index (χ1) is 12.9. The maximum absolute atomic E-state index is 12.9. The Kier molecular flexibility index (Phi) is 3.24. The highest BCUT2D eigenvalue weighted by atomic mass is 19.3. The molecule has 27 heavy (non-hydrogen) atoms. The lowest BCUT2D eigenvalue weighted by atomic mass is 9.88. The van der Waals surface area contributed by atoms with Gasteiger partial charge in [0.2, 0.25) is 11.9 Å². The predicted octanol–water partition coefficient (Wildman–Crippen LogP) is 2.08. The van der Waals surface area contributed by atoms with Crippen LogP contribution < -0.4 is 20.7 Å². The number of ether oxygens (including phenoxy) is 1. The van der Waals surface area contributed by atoms with Crippen LogP contribution in [0.2, 0.25) is 0 Å². The highest BCUT2D eigenvalue weighted by Crippen LogP contribution is 2.46. The number of amides is 1. The molecule has 3 heterocycles. The third-order valence-electron chi connectivity index (χ3n) is 4.77. The standard InChI is InChI=1S/C16H15F2N7O2/c17-16(18)4-8(5-16)22-13-20-7-21-14(25-13)24-11-3-9-10(6-19-11)27-15(1-2-15)12(26)23-9/h3,6-8H,1-2,4-5H2,(H,23,26)(H2,19,20,21,22,24,25). The Balaban J connectivity index is 1.29. The first-order valence-corrected chi connectivity index (χ1v) is 8.52. The van der Waals surface area contributed by atoms with Gasteiger partial charge in [0.15, 0.2) is 11.4 Å². The predicted molar refractivity (Wildman–Crippen MR) is 90.2 cm³/mol. The van der Waals surface area contributed by atoms with Crippen LogP contribution >= 0.6 is 0 Å². The third-order valence-corrected chi connectivity index (χ3v) is 4.77. The third kappa shape index (κ3) is 2.98. The number of anilines is 4. The molecule has 0 aromatic carbocycles. The summed E-state index contributed by atoms with van der Waals surface area (Å²) in [4.78, 5) is 28.4. The van der Waals surface area contributed by atoms with Crippen LogP contribution in [-0.2, 0) is 4.79 Å². The molecular weight excluding hydrogens is 360 g/mol. The minimum absolute atomic E-state index is 0.156. The number of hydrogen-bond acceptors (Lipinski definition) is 8. The Morgan fingerprint density at radius 1 is 1.19 bits per heavy atom. The maximum Gasteiger partial charge on any atom is 0.268 e. The summed E-state index contributed by atoms with van der Waals surface area (Å²) in [5.74, 6) is -1.45. The largest absolute Gasteiger partial charge is 0.474 e. The molecular formula is C16H15F2N7O2. The number of halogens is 2. The molecule has 1 amide bonds. The van der Waals surface area contributed by atoms with Gasteiger partial charge in [-0.3, -0.25) is 4.79 Å². The lowest BCUT2D eigenvalue weighted by molar-refractivity contribution is -0.125. The Morgan fingerprint density at radius 3 is 2.70 bits per heavy atom. The number of nitrogens with zero attached hydrogens (tertiary/aromatic N) is 4. The number of fused-ring (bicyclic) bond motifs is 1. The zero-order valence-corrected chi connectivity index (χ0v) is 14.0. The van der Waals surface area contributed by atoms with Crippen LogP contribution in [0.1, 0.15) is 25.7 Å². The van der Waals surface area contributed by atoms with Crippen molar-refractivity contribution in [2.24, 2.45) is 0 Å². The van der Waals surface area contributed by atoms with Crippen LogP contribution in [0.15, 0.2) is 18.6 Å². The van der Waals surface area contributed by atoms with E-state index in [1.807, 2.05) is 0 Å². The topological polar surface area (TPSA) is 114 Å². The molecule has 3 aliphatic rings. The van der Waals surface area contributed by atoms with Crippen molar-refractivity contribution in [1.82, 2.24) is 19.9 Å². The van der Waals surface area contributed by atoms with Gasteiger partial charge in [0.05, 0.1) is 11.9 Å². The molecule has 1 spiro atoms. The smallest absolute Gasteiger partial charge is 0.268 e. The Labute approximate surface area is 152 Å². The van der Waals surface area contributed by atoms with Crippen molar-refractivity contribution >= 4 is 29.3 Å². The quantitative estimate of drug-likeness (QED) is 0.744. The number of carbonyl (C=O) groups is 1. The lowest BCUT2D eigenvalue weighted by Crippen LogP contribution is -2.44.